The molecule has 1 spiro atoms. The molecule has 0 aromatic carbocycles. The Hall–Kier alpha value is -0.160. The van der Waals surface area contributed by atoms with Gasteiger partial charge in [-0.05, 0) is 44.7 Å². The van der Waals surface area contributed by atoms with Crippen molar-refractivity contribution in [3.8, 4) is 0 Å². The second-order valence-corrected chi connectivity index (χ2v) is 7.55. The number of likely N-dealkylation sites (tertiary alicyclic amines) is 1. The van der Waals surface area contributed by atoms with Gasteiger partial charge in [-0.1, -0.05) is 13.8 Å². The van der Waals surface area contributed by atoms with Gasteiger partial charge in [-0.3, -0.25) is 4.90 Å². The number of nitrogens with zero attached hydrogens (tertiary/aromatic N) is 1. The summed E-state index contributed by atoms with van der Waals surface area (Å²) in [5.74, 6) is 0.819. The fraction of sp³-hybridized carbons (Fsp3) is 1.00. The van der Waals surface area contributed by atoms with Crippen LogP contribution in [0, 0.1) is 5.92 Å². The van der Waals surface area contributed by atoms with Crippen molar-refractivity contribution in [3.63, 3.8) is 0 Å². The number of hydrogen-bond donors (Lipinski definition) is 1. The van der Waals surface area contributed by atoms with Gasteiger partial charge >= 0.3 is 0 Å². The molecular weight excluding hydrogens is 264 g/mol. The first-order valence-corrected chi connectivity index (χ1v) is 8.86. The van der Waals surface area contributed by atoms with Gasteiger partial charge in [0, 0.05) is 38.3 Å². The van der Waals surface area contributed by atoms with Crippen molar-refractivity contribution in [2.24, 2.45) is 5.92 Å². The molecule has 21 heavy (non-hydrogen) atoms. The standard InChI is InChI=1S/C17H32N2O2/c1-14(2)18-11-15-4-3-7-19(12-15)16-5-8-21-17(10-16)6-9-20-13-17/h14-16,18H,3-13H2,1-2H3. The Kier molecular flexibility index (Phi) is 5.20. The van der Waals surface area contributed by atoms with Crippen molar-refractivity contribution >= 4 is 0 Å². The zero-order valence-corrected chi connectivity index (χ0v) is 13.8. The van der Waals surface area contributed by atoms with E-state index < -0.39 is 0 Å². The van der Waals surface area contributed by atoms with Crippen LogP contribution in [-0.2, 0) is 9.47 Å². The molecule has 4 nitrogen and oxygen atoms in total. The normalized spacial score (nSPS) is 38.4. The van der Waals surface area contributed by atoms with Gasteiger partial charge in [0.25, 0.3) is 0 Å². The number of nitrogens with one attached hydrogen (secondary N) is 1. The second-order valence-electron chi connectivity index (χ2n) is 7.55. The summed E-state index contributed by atoms with van der Waals surface area (Å²) in [6.07, 6.45) is 6.21. The Bertz CT molecular complexity index is 329. The first-order chi connectivity index (χ1) is 10.2. The van der Waals surface area contributed by atoms with Crippen molar-refractivity contribution in [2.75, 3.05) is 39.5 Å². The van der Waals surface area contributed by atoms with E-state index >= 15 is 0 Å². The largest absolute Gasteiger partial charge is 0.378 e. The highest BCUT2D eigenvalue weighted by Gasteiger charge is 2.43. The first kappa shape index (κ1) is 15.7. The lowest BCUT2D eigenvalue weighted by atomic mass is 9.87. The molecule has 3 unspecified atom stereocenters. The Balaban J connectivity index is 1.53. The average molecular weight is 296 g/mol. The Morgan fingerprint density at radius 3 is 2.95 bits per heavy atom. The van der Waals surface area contributed by atoms with Crippen LogP contribution >= 0.6 is 0 Å². The molecule has 0 aliphatic carbocycles. The quantitative estimate of drug-likeness (QED) is 0.861. The van der Waals surface area contributed by atoms with Crippen molar-refractivity contribution < 1.29 is 9.47 Å². The van der Waals surface area contributed by atoms with Crippen LogP contribution in [0.25, 0.3) is 0 Å². The molecule has 0 radical (unpaired) electrons. The average Bonchev–Trinajstić information content (AvgIpc) is 2.93. The smallest absolute Gasteiger partial charge is 0.0951 e. The molecule has 4 heteroatoms. The number of rotatable bonds is 4. The molecule has 0 bridgehead atoms. The van der Waals surface area contributed by atoms with Crippen LogP contribution in [-0.4, -0.2) is 62.0 Å². The van der Waals surface area contributed by atoms with Crippen LogP contribution in [0.1, 0.15) is 46.0 Å². The lowest BCUT2D eigenvalue weighted by Gasteiger charge is -2.45. The Morgan fingerprint density at radius 1 is 1.29 bits per heavy atom. The summed E-state index contributed by atoms with van der Waals surface area (Å²) >= 11 is 0. The lowest BCUT2D eigenvalue weighted by molar-refractivity contribution is -0.110. The fourth-order valence-corrected chi connectivity index (χ4v) is 4.17. The molecule has 122 valence electrons. The highest BCUT2D eigenvalue weighted by atomic mass is 16.6. The van der Waals surface area contributed by atoms with Gasteiger partial charge in [0.1, 0.15) is 0 Å². The van der Waals surface area contributed by atoms with E-state index in [2.05, 4.69) is 24.1 Å². The maximum absolute atomic E-state index is 6.09. The third-order valence-electron chi connectivity index (χ3n) is 5.42. The van der Waals surface area contributed by atoms with Crippen LogP contribution < -0.4 is 5.32 Å². The Labute approximate surface area is 129 Å². The summed E-state index contributed by atoms with van der Waals surface area (Å²) < 4.78 is 11.7. The van der Waals surface area contributed by atoms with Gasteiger partial charge in [-0.25, -0.2) is 0 Å². The van der Waals surface area contributed by atoms with E-state index in [9.17, 15) is 0 Å². The third kappa shape index (κ3) is 3.98. The first-order valence-electron chi connectivity index (χ1n) is 8.86. The summed E-state index contributed by atoms with van der Waals surface area (Å²) in [4.78, 5) is 2.75. The maximum Gasteiger partial charge on any atom is 0.0951 e. The monoisotopic (exact) mass is 296 g/mol. The molecule has 3 rings (SSSR count). The van der Waals surface area contributed by atoms with Crippen LogP contribution in [0.15, 0.2) is 0 Å². The topological polar surface area (TPSA) is 33.7 Å². The van der Waals surface area contributed by atoms with Gasteiger partial charge in [-0.15, -0.1) is 0 Å². The minimum atomic E-state index is 0.0477. The summed E-state index contributed by atoms with van der Waals surface area (Å²) in [5, 5.41) is 3.62. The molecule has 3 aliphatic rings. The lowest BCUT2D eigenvalue weighted by Crippen LogP contribution is -2.52. The second kappa shape index (κ2) is 6.95. The van der Waals surface area contributed by atoms with E-state index in [0.29, 0.717) is 12.1 Å². The minimum absolute atomic E-state index is 0.0477. The molecular formula is C17H32N2O2. The molecule has 0 aromatic rings. The Morgan fingerprint density at radius 2 is 2.19 bits per heavy atom. The molecule has 0 aromatic heterocycles. The molecule has 1 N–H and O–H groups in total. The van der Waals surface area contributed by atoms with Crippen molar-refractivity contribution in [3.05, 3.63) is 0 Å². The van der Waals surface area contributed by atoms with Crippen LogP contribution in [0.2, 0.25) is 0 Å². The van der Waals surface area contributed by atoms with Gasteiger partial charge < -0.3 is 14.8 Å². The van der Waals surface area contributed by atoms with E-state index in [-0.39, 0.29) is 5.60 Å². The van der Waals surface area contributed by atoms with Crippen molar-refractivity contribution in [1.82, 2.24) is 10.2 Å². The SMILES string of the molecule is CC(C)NCC1CCCN(C2CCOC3(CCOC3)C2)C1. The van der Waals surface area contributed by atoms with E-state index in [1.54, 1.807) is 0 Å². The predicted octanol–water partition coefficient (Wildman–Crippen LogP) is 2.03. The zero-order chi connectivity index (χ0) is 14.7. The van der Waals surface area contributed by atoms with E-state index in [1.165, 1.54) is 45.3 Å². The third-order valence-corrected chi connectivity index (χ3v) is 5.42. The summed E-state index contributed by atoms with van der Waals surface area (Å²) in [5.41, 5.74) is 0.0477. The van der Waals surface area contributed by atoms with Crippen LogP contribution in [0.3, 0.4) is 0 Å². The molecule has 0 amide bonds. The van der Waals surface area contributed by atoms with Crippen LogP contribution in [0.4, 0.5) is 0 Å². The summed E-state index contributed by atoms with van der Waals surface area (Å²) in [7, 11) is 0. The number of ether oxygens (including phenoxy) is 2. The minimum Gasteiger partial charge on any atom is -0.378 e. The van der Waals surface area contributed by atoms with Gasteiger partial charge in [0.05, 0.1) is 12.2 Å². The van der Waals surface area contributed by atoms with Gasteiger partial charge in [-0.2, -0.15) is 0 Å². The summed E-state index contributed by atoms with van der Waals surface area (Å²) in [6.45, 7) is 10.8. The fourth-order valence-electron chi connectivity index (χ4n) is 4.17. The van der Waals surface area contributed by atoms with E-state index in [1.807, 2.05) is 0 Å². The van der Waals surface area contributed by atoms with Crippen molar-refractivity contribution in [2.45, 2.75) is 63.6 Å². The maximum atomic E-state index is 6.09. The molecule has 3 atom stereocenters. The molecule has 3 saturated heterocycles. The van der Waals surface area contributed by atoms with E-state index in [0.717, 1.165) is 32.2 Å². The van der Waals surface area contributed by atoms with Gasteiger partial charge in [0.2, 0.25) is 0 Å². The zero-order valence-electron chi connectivity index (χ0n) is 13.8. The highest BCUT2D eigenvalue weighted by Crippen LogP contribution is 2.35. The van der Waals surface area contributed by atoms with Crippen LogP contribution in [0.5, 0.6) is 0 Å². The van der Waals surface area contributed by atoms with Gasteiger partial charge in [0.15, 0.2) is 0 Å². The highest BCUT2D eigenvalue weighted by molar-refractivity contribution is 4.94. The van der Waals surface area contributed by atoms with Crippen molar-refractivity contribution in [1.29, 1.82) is 0 Å². The molecule has 3 heterocycles. The molecule has 0 saturated carbocycles. The number of hydrogen-bond acceptors (Lipinski definition) is 4. The number of piperidine rings is 1. The van der Waals surface area contributed by atoms with E-state index in [4.69, 9.17) is 9.47 Å². The predicted molar refractivity (Wildman–Crippen MR) is 84.6 cm³/mol. The summed E-state index contributed by atoms with van der Waals surface area (Å²) in [6, 6.07) is 1.31. The molecule has 3 fully saturated rings. The molecule has 3 aliphatic heterocycles.